The molecule has 2 N–H and O–H groups in total. The first-order valence-electron chi connectivity index (χ1n) is 6.41. The summed E-state index contributed by atoms with van der Waals surface area (Å²) in [5.41, 5.74) is 5.44. The normalized spacial score (nSPS) is 25.6. The minimum absolute atomic E-state index is 0.0412. The Labute approximate surface area is 113 Å². The third kappa shape index (κ3) is 2.84. The van der Waals surface area contributed by atoms with E-state index in [0.717, 1.165) is 0 Å². The van der Waals surface area contributed by atoms with Gasteiger partial charge in [0.2, 0.25) is 5.09 Å². The number of nitrogens with two attached hydrogens (primary N) is 1. The van der Waals surface area contributed by atoms with Gasteiger partial charge in [0.05, 0.1) is 19.3 Å². The Hall–Kier alpha value is -0.890. The molecule has 1 aromatic heterocycles. The number of hydrogen-bond acceptors (Lipinski definition) is 5. The maximum absolute atomic E-state index is 12.6. The lowest BCUT2D eigenvalue weighted by Crippen LogP contribution is -2.51. The molecule has 0 saturated carbocycles. The van der Waals surface area contributed by atoms with E-state index in [2.05, 4.69) is 0 Å². The highest BCUT2D eigenvalue weighted by Crippen LogP contribution is 2.25. The fraction of sp³-hybridized carbons (Fsp3) is 0.667. The molecular weight excluding hydrogens is 268 g/mol. The van der Waals surface area contributed by atoms with Crippen LogP contribution in [-0.2, 0) is 21.3 Å². The van der Waals surface area contributed by atoms with Crippen LogP contribution in [0.25, 0.3) is 0 Å². The Morgan fingerprint density at radius 1 is 1.47 bits per heavy atom. The van der Waals surface area contributed by atoms with Crippen LogP contribution in [0.5, 0.6) is 0 Å². The number of sulfonamides is 1. The second-order valence-electron chi connectivity index (χ2n) is 4.71. The van der Waals surface area contributed by atoms with Crippen LogP contribution in [0.1, 0.15) is 26.0 Å². The lowest BCUT2D eigenvalue weighted by molar-refractivity contribution is -0.0234. The van der Waals surface area contributed by atoms with E-state index >= 15 is 0 Å². The summed E-state index contributed by atoms with van der Waals surface area (Å²) < 4.78 is 37.4. The van der Waals surface area contributed by atoms with Crippen molar-refractivity contribution >= 4 is 10.0 Å². The molecule has 1 saturated heterocycles. The molecule has 0 amide bonds. The van der Waals surface area contributed by atoms with Gasteiger partial charge in [-0.3, -0.25) is 0 Å². The molecule has 108 valence electrons. The molecule has 0 spiro atoms. The fourth-order valence-electron chi connectivity index (χ4n) is 2.15. The number of morpholine rings is 1. The van der Waals surface area contributed by atoms with Gasteiger partial charge in [-0.15, -0.1) is 0 Å². The van der Waals surface area contributed by atoms with Crippen LogP contribution in [0.4, 0.5) is 0 Å². The molecule has 6 nitrogen and oxygen atoms in total. The highest BCUT2D eigenvalue weighted by molar-refractivity contribution is 7.89. The smallest absolute Gasteiger partial charge is 0.276 e. The monoisotopic (exact) mass is 288 g/mol. The summed E-state index contributed by atoms with van der Waals surface area (Å²) in [6.07, 6.45) is 0.595. The first-order chi connectivity index (χ1) is 8.98. The highest BCUT2D eigenvalue weighted by Gasteiger charge is 2.37. The fourth-order valence-corrected chi connectivity index (χ4v) is 3.84. The van der Waals surface area contributed by atoms with Crippen molar-refractivity contribution in [3.05, 3.63) is 17.9 Å². The maximum atomic E-state index is 12.6. The predicted molar refractivity (Wildman–Crippen MR) is 70.0 cm³/mol. The minimum Gasteiger partial charge on any atom is -0.447 e. The Kier molecular flexibility index (Phi) is 4.29. The Morgan fingerprint density at radius 3 is 2.79 bits per heavy atom. The van der Waals surface area contributed by atoms with E-state index in [1.165, 1.54) is 10.4 Å². The van der Waals surface area contributed by atoms with Crippen LogP contribution in [0.2, 0.25) is 0 Å². The van der Waals surface area contributed by atoms with Crippen LogP contribution in [0.15, 0.2) is 21.6 Å². The molecule has 2 rings (SSSR count). The van der Waals surface area contributed by atoms with Crippen molar-refractivity contribution in [1.82, 2.24) is 4.31 Å². The van der Waals surface area contributed by atoms with E-state index in [9.17, 15) is 8.42 Å². The van der Waals surface area contributed by atoms with Gasteiger partial charge < -0.3 is 14.9 Å². The summed E-state index contributed by atoms with van der Waals surface area (Å²) in [5.74, 6) is 0.466. The van der Waals surface area contributed by atoms with Crippen molar-refractivity contribution in [2.24, 2.45) is 5.73 Å². The summed E-state index contributed by atoms with van der Waals surface area (Å²) in [7, 11) is -3.61. The number of furan rings is 1. The van der Waals surface area contributed by atoms with Gasteiger partial charge in [0.1, 0.15) is 5.76 Å². The number of ether oxygens (including phenoxy) is 1. The van der Waals surface area contributed by atoms with Gasteiger partial charge in [-0.1, -0.05) is 6.92 Å². The Morgan fingerprint density at radius 2 is 2.21 bits per heavy atom. The van der Waals surface area contributed by atoms with Crippen LogP contribution in [0.3, 0.4) is 0 Å². The summed E-state index contributed by atoms with van der Waals surface area (Å²) in [6.45, 7) is 4.76. The molecule has 1 fully saturated rings. The van der Waals surface area contributed by atoms with Gasteiger partial charge in [0.15, 0.2) is 0 Å². The van der Waals surface area contributed by atoms with E-state index in [1.807, 2.05) is 13.8 Å². The number of rotatable bonds is 4. The maximum Gasteiger partial charge on any atom is 0.276 e. The lowest BCUT2D eigenvalue weighted by atomic mass is 10.2. The molecular formula is C12H20N2O4S. The molecule has 2 unspecified atom stereocenters. The van der Waals surface area contributed by atoms with Gasteiger partial charge in [-0.2, -0.15) is 4.31 Å². The lowest BCUT2D eigenvalue weighted by Gasteiger charge is -2.36. The third-order valence-corrected chi connectivity index (χ3v) is 5.08. The quantitative estimate of drug-likeness (QED) is 0.890. The molecule has 19 heavy (non-hydrogen) atoms. The minimum atomic E-state index is -3.61. The van der Waals surface area contributed by atoms with Gasteiger partial charge in [-0.05, 0) is 25.5 Å². The van der Waals surface area contributed by atoms with Crippen molar-refractivity contribution in [1.29, 1.82) is 0 Å². The van der Waals surface area contributed by atoms with Gasteiger partial charge in [0, 0.05) is 12.6 Å². The molecule has 0 bridgehead atoms. The van der Waals surface area contributed by atoms with Gasteiger partial charge in [0.25, 0.3) is 10.0 Å². The number of nitrogens with zero attached hydrogens (tertiary/aromatic N) is 1. The molecule has 2 atom stereocenters. The molecule has 1 aliphatic heterocycles. The van der Waals surface area contributed by atoms with Crippen molar-refractivity contribution in [3.63, 3.8) is 0 Å². The average Bonchev–Trinajstić information content (AvgIpc) is 2.88. The zero-order chi connectivity index (χ0) is 14.0. The van der Waals surface area contributed by atoms with E-state index in [-0.39, 0.29) is 23.8 Å². The largest absolute Gasteiger partial charge is 0.447 e. The Balaban J connectivity index is 2.30. The van der Waals surface area contributed by atoms with Crippen LogP contribution < -0.4 is 5.73 Å². The molecule has 0 aromatic carbocycles. The van der Waals surface area contributed by atoms with Crippen LogP contribution >= 0.6 is 0 Å². The standard InChI is InChI=1S/C12H20N2O4S/c1-3-10-8-17-9(2)7-14(10)19(15,16)12-5-4-11(6-13)18-12/h4-5,9-10H,3,6-8,13H2,1-2H3. The highest BCUT2D eigenvalue weighted by atomic mass is 32.2. The molecule has 0 radical (unpaired) electrons. The predicted octanol–water partition coefficient (Wildman–Crippen LogP) is 0.926. The molecule has 1 aliphatic rings. The van der Waals surface area contributed by atoms with Crippen LogP contribution in [-0.4, -0.2) is 38.0 Å². The van der Waals surface area contributed by atoms with Crippen LogP contribution in [0, 0.1) is 0 Å². The first kappa shape index (κ1) is 14.5. The Bertz CT molecular complexity index is 526. The first-order valence-corrected chi connectivity index (χ1v) is 7.85. The summed E-state index contributed by atoms with van der Waals surface area (Å²) in [5, 5.41) is -0.0412. The zero-order valence-electron chi connectivity index (χ0n) is 11.2. The summed E-state index contributed by atoms with van der Waals surface area (Å²) in [6, 6.07) is 2.91. The topological polar surface area (TPSA) is 85.8 Å². The number of hydrogen-bond donors (Lipinski definition) is 1. The van der Waals surface area contributed by atoms with E-state index in [4.69, 9.17) is 14.9 Å². The van der Waals surface area contributed by atoms with Crippen molar-refractivity contribution in [2.75, 3.05) is 13.2 Å². The second kappa shape index (κ2) is 5.62. The van der Waals surface area contributed by atoms with E-state index in [0.29, 0.717) is 25.3 Å². The molecule has 7 heteroatoms. The molecule has 0 aliphatic carbocycles. The van der Waals surface area contributed by atoms with E-state index in [1.54, 1.807) is 6.07 Å². The van der Waals surface area contributed by atoms with Crippen molar-refractivity contribution < 1.29 is 17.6 Å². The van der Waals surface area contributed by atoms with Gasteiger partial charge in [-0.25, -0.2) is 8.42 Å². The van der Waals surface area contributed by atoms with Crippen molar-refractivity contribution in [3.8, 4) is 0 Å². The molecule has 1 aromatic rings. The molecule has 2 heterocycles. The zero-order valence-corrected chi connectivity index (χ0v) is 12.0. The average molecular weight is 288 g/mol. The van der Waals surface area contributed by atoms with E-state index < -0.39 is 10.0 Å². The summed E-state index contributed by atoms with van der Waals surface area (Å²) >= 11 is 0. The SMILES string of the molecule is CCC1COC(C)CN1S(=O)(=O)c1ccc(CN)o1. The van der Waals surface area contributed by atoms with Crippen molar-refractivity contribution in [2.45, 2.75) is 44.1 Å². The van der Waals surface area contributed by atoms with Gasteiger partial charge >= 0.3 is 0 Å². The summed E-state index contributed by atoms with van der Waals surface area (Å²) in [4.78, 5) is 0. The second-order valence-corrected chi connectivity index (χ2v) is 6.53. The third-order valence-electron chi connectivity index (χ3n) is 3.29.